The monoisotopic (exact) mass is 461 g/mol. The van der Waals surface area contributed by atoms with Gasteiger partial charge in [-0.25, -0.2) is 0 Å². The van der Waals surface area contributed by atoms with Gasteiger partial charge in [-0.2, -0.15) is 0 Å². The van der Waals surface area contributed by atoms with E-state index in [1.807, 2.05) is 0 Å². The lowest BCUT2D eigenvalue weighted by Crippen LogP contribution is -2.31. The minimum Gasteiger partial charge on any atom is -0.467 e. The Hall–Kier alpha value is -3.79. The number of halogens is 3. The third-order valence-electron chi connectivity index (χ3n) is 4.50. The minimum atomic E-state index is -4.81. The predicted molar refractivity (Wildman–Crippen MR) is 114 cm³/mol. The van der Waals surface area contributed by atoms with Crippen LogP contribution in [0.15, 0.2) is 71.3 Å². The van der Waals surface area contributed by atoms with Crippen molar-refractivity contribution in [2.75, 3.05) is 18.9 Å². The molecule has 174 valence electrons. The standard InChI is InChI=1S/C23H22F3N3O4/c1-29(14-16-7-2-5-11-20(16)33-23(24,25)26)15-21(30)28-19-10-4-3-9-18(19)22(31)27-13-17-8-6-12-32-17/h2-12H,13-15H2,1H3,(H,27,31)(H,28,30). The number of hydrogen-bond acceptors (Lipinski definition) is 5. The second-order valence-corrected chi connectivity index (χ2v) is 7.18. The molecule has 2 aromatic carbocycles. The van der Waals surface area contributed by atoms with Gasteiger partial charge in [0, 0.05) is 12.1 Å². The second kappa shape index (κ2) is 10.7. The van der Waals surface area contributed by atoms with Gasteiger partial charge in [0.25, 0.3) is 5.91 Å². The van der Waals surface area contributed by atoms with E-state index in [2.05, 4.69) is 15.4 Å². The van der Waals surface area contributed by atoms with E-state index in [0.29, 0.717) is 11.4 Å². The van der Waals surface area contributed by atoms with Gasteiger partial charge >= 0.3 is 6.36 Å². The fourth-order valence-electron chi connectivity index (χ4n) is 3.11. The molecule has 0 aliphatic heterocycles. The zero-order valence-corrected chi connectivity index (χ0v) is 17.7. The maximum Gasteiger partial charge on any atom is 0.573 e. The molecule has 1 aromatic heterocycles. The lowest BCUT2D eigenvalue weighted by atomic mass is 10.1. The molecule has 0 saturated carbocycles. The number of ether oxygens (including phenoxy) is 1. The van der Waals surface area contributed by atoms with Gasteiger partial charge in [0.2, 0.25) is 5.91 Å². The highest BCUT2D eigenvalue weighted by Crippen LogP contribution is 2.27. The number of anilines is 1. The normalized spacial score (nSPS) is 11.3. The molecule has 1 heterocycles. The van der Waals surface area contributed by atoms with E-state index < -0.39 is 18.2 Å². The van der Waals surface area contributed by atoms with Gasteiger partial charge < -0.3 is 19.8 Å². The van der Waals surface area contributed by atoms with Gasteiger partial charge in [-0.3, -0.25) is 14.5 Å². The molecule has 0 aliphatic carbocycles. The third-order valence-corrected chi connectivity index (χ3v) is 4.50. The number of likely N-dealkylation sites (N-methyl/N-ethyl adjacent to an activating group) is 1. The van der Waals surface area contributed by atoms with E-state index in [1.165, 1.54) is 29.4 Å². The van der Waals surface area contributed by atoms with Crippen LogP contribution >= 0.6 is 0 Å². The Bertz CT molecular complexity index is 1080. The van der Waals surface area contributed by atoms with Gasteiger partial charge in [0.15, 0.2) is 0 Å². The fraction of sp³-hybridized carbons (Fsp3) is 0.217. The number of benzene rings is 2. The number of rotatable bonds is 9. The van der Waals surface area contributed by atoms with E-state index in [4.69, 9.17) is 4.42 Å². The van der Waals surface area contributed by atoms with Gasteiger partial charge in [-0.1, -0.05) is 30.3 Å². The zero-order valence-electron chi connectivity index (χ0n) is 17.7. The van der Waals surface area contributed by atoms with Crippen molar-refractivity contribution in [3.05, 3.63) is 83.8 Å². The molecule has 0 unspecified atom stereocenters. The van der Waals surface area contributed by atoms with Crippen molar-refractivity contribution in [1.29, 1.82) is 0 Å². The second-order valence-electron chi connectivity index (χ2n) is 7.18. The molecule has 33 heavy (non-hydrogen) atoms. The van der Waals surface area contributed by atoms with Crippen LogP contribution in [0, 0.1) is 0 Å². The summed E-state index contributed by atoms with van der Waals surface area (Å²) in [7, 11) is 1.59. The summed E-state index contributed by atoms with van der Waals surface area (Å²) in [5.41, 5.74) is 0.862. The fourth-order valence-corrected chi connectivity index (χ4v) is 3.11. The Morgan fingerprint density at radius 1 is 1.03 bits per heavy atom. The van der Waals surface area contributed by atoms with Gasteiger partial charge in [-0.15, -0.1) is 13.2 Å². The summed E-state index contributed by atoms with van der Waals surface area (Å²) in [4.78, 5) is 26.6. The Labute approximate surface area is 188 Å². The van der Waals surface area contributed by atoms with Crippen LogP contribution in [-0.4, -0.2) is 36.7 Å². The Kier molecular flexibility index (Phi) is 7.73. The molecule has 3 aromatic rings. The number of furan rings is 1. The van der Waals surface area contributed by atoms with E-state index in [-0.39, 0.29) is 36.5 Å². The average molecular weight is 461 g/mol. The Morgan fingerprint density at radius 2 is 1.76 bits per heavy atom. The van der Waals surface area contributed by atoms with Crippen molar-refractivity contribution in [1.82, 2.24) is 10.2 Å². The summed E-state index contributed by atoms with van der Waals surface area (Å²) in [5, 5.41) is 5.39. The summed E-state index contributed by atoms with van der Waals surface area (Å²) in [6.45, 7) is 0.115. The zero-order chi connectivity index (χ0) is 23.8. The number of carbonyl (C=O) groups is 2. The topological polar surface area (TPSA) is 83.8 Å². The first kappa shape index (κ1) is 23.9. The van der Waals surface area contributed by atoms with Crippen LogP contribution in [0.3, 0.4) is 0 Å². The smallest absolute Gasteiger partial charge is 0.467 e. The minimum absolute atomic E-state index is 0.0466. The SMILES string of the molecule is CN(CC(=O)Nc1ccccc1C(=O)NCc1ccco1)Cc1ccccc1OC(F)(F)F. The van der Waals surface area contributed by atoms with Crippen molar-refractivity contribution in [3.63, 3.8) is 0 Å². The van der Waals surface area contributed by atoms with Crippen molar-refractivity contribution in [2.24, 2.45) is 0 Å². The molecule has 10 heteroatoms. The van der Waals surface area contributed by atoms with Gasteiger partial charge in [-0.05, 0) is 37.4 Å². The molecule has 3 rings (SSSR count). The number of nitrogens with one attached hydrogen (secondary N) is 2. The highest BCUT2D eigenvalue weighted by atomic mass is 19.4. The number of hydrogen-bond donors (Lipinski definition) is 2. The number of nitrogens with zero attached hydrogens (tertiary/aromatic N) is 1. The highest BCUT2D eigenvalue weighted by Gasteiger charge is 2.32. The molecular formula is C23H22F3N3O4. The summed E-state index contributed by atoms with van der Waals surface area (Å²) >= 11 is 0. The largest absolute Gasteiger partial charge is 0.573 e. The predicted octanol–water partition coefficient (Wildman–Crippen LogP) is 4.18. The van der Waals surface area contributed by atoms with Crippen LogP contribution in [0.5, 0.6) is 5.75 Å². The molecule has 2 N–H and O–H groups in total. The van der Waals surface area contributed by atoms with Crippen LogP contribution in [0.2, 0.25) is 0 Å². The molecule has 0 bridgehead atoms. The van der Waals surface area contributed by atoms with Crippen LogP contribution in [0.4, 0.5) is 18.9 Å². The Balaban J connectivity index is 1.59. The van der Waals surface area contributed by atoms with E-state index in [0.717, 1.165) is 0 Å². The molecule has 0 saturated heterocycles. The first-order valence-electron chi connectivity index (χ1n) is 9.93. The van der Waals surface area contributed by atoms with Crippen molar-refractivity contribution < 1.29 is 31.9 Å². The van der Waals surface area contributed by atoms with Gasteiger partial charge in [0.1, 0.15) is 11.5 Å². The molecule has 0 aliphatic rings. The molecule has 0 radical (unpaired) electrons. The van der Waals surface area contributed by atoms with Crippen molar-refractivity contribution in [2.45, 2.75) is 19.5 Å². The van der Waals surface area contributed by atoms with Crippen molar-refractivity contribution >= 4 is 17.5 Å². The van der Waals surface area contributed by atoms with Gasteiger partial charge in [0.05, 0.1) is 30.6 Å². The lowest BCUT2D eigenvalue weighted by molar-refractivity contribution is -0.275. The first-order valence-corrected chi connectivity index (χ1v) is 9.93. The molecule has 7 nitrogen and oxygen atoms in total. The molecular weight excluding hydrogens is 439 g/mol. The van der Waals surface area contributed by atoms with Crippen LogP contribution < -0.4 is 15.4 Å². The number of alkyl halides is 3. The maximum atomic E-state index is 12.6. The summed E-state index contributed by atoms with van der Waals surface area (Å²) < 4.78 is 47.1. The quantitative estimate of drug-likeness (QED) is 0.500. The van der Waals surface area contributed by atoms with E-state index >= 15 is 0 Å². The van der Waals surface area contributed by atoms with E-state index in [9.17, 15) is 22.8 Å². The summed E-state index contributed by atoms with van der Waals surface area (Å²) in [6, 6.07) is 15.7. The summed E-state index contributed by atoms with van der Waals surface area (Å²) in [6.07, 6.45) is -3.31. The van der Waals surface area contributed by atoms with Crippen molar-refractivity contribution in [3.8, 4) is 5.75 Å². The summed E-state index contributed by atoms with van der Waals surface area (Å²) in [5.74, 6) is -0.566. The lowest BCUT2D eigenvalue weighted by Gasteiger charge is -2.19. The molecule has 2 amide bonds. The maximum absolute atomic E-state index is 12.6. The average Bonchev–Trinajstić information content (AvgIpc) is 3.26. The Morgan fingerprint density at radius 3 is 2.48 bits per heavy atom. The molecule has 0 fully saturated rings. The third kappa shape index (κ3) is 7.39. The first-order chi connectivity index (χ1) is 15.7. The molecule has 0 atom stereocenters. The number of para-hydroxylation sites is 2. The highest BCUT2D eigenvalue weighted by molar-refractivity contribution is 6.04. The van der Waals surface area contributed by atoms with Crippen LogP contribution in [0.1, 0.15) is 21.7 Å². The van der Waals surface area contributed by atoms with Crippen LogP contribution in [0.25, 0.3) is 0 Å². The number of carbonyl (C=O) groups excluding carboxylic acids is 2. The van der Waals surface area contributed by atoms with Crippen LogP contribution in [-0.2, 0) is 17.9 Å². The van der Waals surface area contributed by atoms with E-state index in [1.54, 1.807) is 49.5 Å². The molecule has 0 spiro atoms. The number of amides is 2.